The molecule has 7 heteroatoms. The van der Waals surface area contributed by atoms with Gasteiger partial charge in [0.05, 0.1) is 6.61 Å². The molecule has 0 atom stereocenters. The molecule has 1 aromatic rings. The predicted molar refractivity (Wildman–Crippen MR) is 93.8 cm³/mol. The average molecular weight is 351 g/mol. The van der Waals surface area contributed by atoms with Crippen molar-refractivity contribution >= 4 is 17.6 Å². The molecule has 1 aliphatic heterocycles. The zero-order valence-electron chi connectivity index (χ0n) is 14.6. The lowest BCUT2D eigenvalue weighted by Crippen LogP contribution is -2.41. The van der Waals surface area contributed by atoms with E-state index < -0.39 is 0 Å². The van der Waals surface area contributed by atoms with Crippen molar-refractivity contribution in [3.8, 4) is 0 Å². The summed E-state index contributed by atoms with van der Waals surface area (Å²) in [4.78, 5) is 25.5. The third kappa shape index (κ3) is 6.70. The van der Waals surface area contributed by atoms with Crippen molar-refractivity contribution in [2.75, 3.05) is 38.7 Å². The van der Waals surface area contributed by atoms with Crippen LogP contribution in [0.4, 0.5) is 14.9 Å². The van der Waals surface area contributed by atoms with Crippen LogP contribution in [0.5, 0.6) is 0 Å². The van der Waals surface area contributed by atoms with Crippen LogP contribution in [-0.4, -0.2) is 50.2 Å². The van der Waals surface area contributed by atoms with Gasteiger partial charge in [-0.15, -0.1) is 0 Å². The van der Waals surface area contributed by atoms with Crippen LogP contribution in [0.25, 0.3) is 0 Å². The topological polar surface area (TPSA) is 70.7 Å². The van der Waals surface area contributed by atoms with Gasteiger partial charge in [0.25, 0.3) is 0 Å². The molecule has 1 aliphatic rings. The van der Waals surface area contributed by atoms with Crippen molar-refractivity contribution < 1.29 is 18.7 Å². The molecule has 1 fully saturated rings. The van der Waals surface area contributed by atoms with Crippen LogP contribution in [0.1, 0.15) is 25.7 Å². The number of carbonyl (C=O) groups is 2. The van der Waals surface area contributed by atoms with E-state index in [0.29, 0.717) is 44.3 Å². The first-order chi connectivity index (χ1) is 12.1. The van der Waals surface area contributed by atoms with Gasteiger partial charge in [0.2, 0.25) is 5.91 Å². The van der Waals surface area contributed by atoms with Gasteiger partial charge in [-0.3, -0.25) is 4.79 Å². The smallest absolute Gasteiger partial charge is 0.321 e. The minimum absolute atomic E-state index is 0.0120. The number of ether oxygens (including phenoxy) is 1. The number of anilines is 1. The molecule has 0 unspecified atom stereocenters. The summed E-state index contributed by atoms with van der Waals surface area (Å²) in [6, 6.07) is 5.59. The van der Waals surface area contributed by atoms with Crippen LogP contribution in [0, 0.1) is 11.7 Å². The van der Waals surface area contributed by atoms with E-state index in [0.717, 1.165) is 19.3 Å². The fourth-order valence-corrected chi connectivity index (χ4v) is 2.86. The standard InChI is InChI=1S/C18H26FN3O3/c1-25-13-9-17(23)20-10-6-14-7-11-22(12-8-14)18(24)21-16-4-2-15(19)3-5-16/h2-5,14H,6-13H2,1H3,(H,20,23)(H,21,24). The molecule has 6 nitrogen and oxygen atoms in total. The third-order valence-electron chi connectivity index (χ3n) is 4.41. The Hall–Kier alpha value is -2.15. The summed E-state index contributed by atoms with van der Waals surface area (Å²) in [7, 11) is 1.58. The van der Waals surface area contributed by atoms with E-state index in [1.807, 2.05) is 0 Å². The van der Waals surface area contributed by atoms with Crippen molar-refractivity contribution in [2.45, 2.75) is 25.7 Å². The molecular formula is C18H26FN3O3. The largest absolute Gasteiger partial charge is 0.384 e. The summed E-state index contributed by atoms with van der Waals surface area (Å²) in [5, 5.41) is 5.68. The second-order valence-corrected chi connectivity index (χ2v) is 6.25. The molecule has 0 aromatic heterocycles. The maximum atomic E-state index is 12.9. The first-order valence-electron chi connectivity index (χ1n) is 8.65. The number of methoxy groups -OCH3 is 1. The van der Waals surface area contributed by atoms with Gasteiger partial charge < -0.3 is 20.3 Å². The number of rotatable bonds is 7. The fourth-order valence-electron chi connectivity index (χ4n) is 2.86. The van der Waals surface area contributed by atoms with Crippen LogP contribution in [0.2, 0.25) is 0 Å². The molecule has 0 saturated carbocycles. The van der Waals surface area contributed by atoms with Crippen LogP contribution in [0.3, 0.4) is 0 Å². The Labute approximate surface area is 147 Å². The number of halogens is 1. The fraction of sp³-hybridized carbons (Fsp3) is 0.556. The number of hydrogen-bond donors (Lipinski definition) is 2. The molecule has 1 aromatic carbocycles. The lowest BCUT2D eigenvalue weighted by molar-refractivity contribution is -0.122. The number of benzene rings is 1. The molecule has 0 aliphatic carbocycles. The normalized spacial score (nSPS) is 15.0. The molecule has 0 spiro atoms. The molecule has 2 rings (SSSR count). The highest BCUT2D eigenvalue weighted by molar-refractivity contribution is 5.89. The Balaban J connectivity index is 1.64. The lowest BCUT2D eigenvalue weighted by Gasteiger charge is -2.32. The zero-order valence-corrected chi connectivity index (χ0v) is 14.6. The summed E-state index contributed by atoms with van der Waals surface area (Å²) in [5.74, 6) is 0.198. The molecule has 0 radical (unpaired) electrons. The zero-order chi connectivity index (χ0) is 18.1. The van der Waals surface area contributed by atoms with E-state index >= 15 is 0 Å². The summed E-state index contributed by atoms with van der Waals surface area (Å²) in [6.07, 6.45) is 3.15. The second-order valence-electron chi connectivity index (χ2n) is 6.25. The predicted octanol–water partition coefficient (Wildman–Crippen LogP) is 2.61. The first-order valence-corrected chi connectivity index (χ1v) is 8.65. The Kier molecular flexibility index (Phi) is 7.66. The number of amides is 3. The molecule has 0 bridgehead atoms. The number of nitrogens with zero attached hydrogens (tertiary/aromatic N) is 1. The van der Waals surface area contributed by atoms with Gasteiger partial charge in [-0.2, -0.15) is 0 Å². The van der Waals surface area contributed by atoms with Crippen molar-refractivity contribution in [3.05, 3.63) is 30.1 Å². The Morgan fingerprint density at radius 1 is 1.24 bits per heavy atom. The maximum Gasteiger partial charge on any atom is 0.321 e. The van der Waals surface area contributed by atoms with Crippen molar-refractivity contribution in [1.82, 2.24) is 10.2 Å². The van der Waals surface area contributed by atoms with E-state index in [1.165, 1.54) is 12.1 Å². The highest BCUT2D eigenvalue weighted by Crippen LogP contribution is 2.21. The Morgan fingerprint density at radius 3 is 2.56 bits per heavy atom. The van der Waals surface area contributed by atoms with E-state index in [-0.39, 0.29) is 17.8 Å². The van der Waals surface area contributed by atoms with Gasteiger partial charge in [0.1, 0.15) is 5.82 Å². The minimum atomic E-state index is -0.326. The SMILES string of the molecule is COCCC(=O)NCCC1CCN(C(=O)Nc2ccc(F)cc2)CC1. The molecule has 1 heterocycles. The Morgan fingerprint density at radius 2 is 1.92 bits per heavy atom. The second kappa shape index (κ2) is 9.98. The molecular weight excluding hydrogens is 325 g/mol. The highest BCUT2D eigenvalue weighted by Gasteiger charge is 2.22. The van der Waals surface area contributed by atoms with Crippen LogP contribution in [-0.2, 0) is 9.53 Å². The number of carbonyl (C=O) groups excluding carboxylic acids is 2. The minimum Gasteiger partial charge on any atom is -0.384 e. The van der Waals surface area contributed by atoms with E-state index in [1.54, 1.807) is 24.1 Å². The van der Waals surface area contributed by atoms with E-state index in [9.17, 15) is 14.0 Å². The number of piperidine rings is 1. The molecule has 25 heavy (non-hydrogen) atoms. The summed E-state index contributed by atoms with van der Waals surface area (Å²) >= 11 is 0. The lowest BCUT2D eigenvalue weighted by atomic mass is 9.93. The number of urea groups is 1. The molecule has 3 amide bonds. The van der Waals surface area contributed by atoms with Gasteiger partial charge >= 0.3 is 6.03 Å². The Bertz CT molecular complexity index is 557. The van der Waals surface area contributed by atoms with E-state index in [2.05, 4.69) is 10.6 Å². The molecule has 2 N–H and O–H groups in total. The van der Waals surface area contributed by atoms with Crippen molar-refractivity contribution in [2.24, 2.45) is 5.92 Å². The number of likely N-dealkylation sites (tertiary alicyclic amines) is 1. The summed E-state index contributed by atoms with van der Waals surface area (Å²) in [5.41, 5.74) is 0.590. The highest BCUT2D eigenvalue weighted by atomic mass is 19.1. The maximum absolute atomic E-state index is 12.9. The van der Waals surface area contributed by atoms with Crippen LogP contribution >= 0.6 is 0 Å². The summed E-state index contributed by atoms with van der Waals surface area (Å²) < 4.78 is 17.7. The number of nitrogens with one attached hydrogen (secondary N) is 2. The van der Waals surface area contributed by atoms with Gasteiger partial charge in [-0.25, -0.2) is 9.18 Å². The molecule has 1 saturated heterocycles. The average Bonchev–Trinajstić information content (AvgIpc) is 2.62. The quantitative estimate of drug-likeness (QED) is 0.793. The van der Waals surface area contributed by atoms with Gasteiger partial charge in [0.15, 0.2) is 0 Å². The first kappa shape index (κ1) is 19.2. The van der Waals surface area contributed by atoms with Crippen LogP contribution in [0.15, 0.2) is 24.3 Å². The van der Waals surface area contributed by atoms with Gasteiger partial charge in [-0.1, -0.05) is 0 Å². The van der Waals surface area contributed by atoms with E-state index in [4.69, 9.17) is 4.74 Å². The molecule has 138 valence electrons. The van der Waals surface area contributed by atoms with Crippen LogP contribution < -0.4 is 10.6 Å². The van der Waals surface area contributed by atoms with Gasteiger partial charge in [0, 0.05) is 38.9 Å². The monoisotopic (exact) mass is 351 g/mol. The summed E-state index contributed by atoms with van der Waals surface area (Å²) in [6.45, 7) is 2.48. The van der Waals surface area contributed by atoms with Gasteiger partial charge in [-0.05, 0) is 49.4 Å². The van der Waals surface area contributed by atoms with Crippen molar-refractivity contribution in [1.29, 1.82) is 0 Å². The number of hydrogen-bond acceptors (Lipinski definition) is 3. The third-order valence-corrected chi connectivity index (χ3v) is 4.41. The van der Waals surface area contributed by atoms with Crippen molar-refractivity contribution in [3.63, 3.8) is 0 Å².